The molecule has 1 saturated carbocycles. The Kier molecular flexibility index (Phi) is 5.56. The Morgan fingerprint density at radius 1 is 1.33 bits per heavy atom. The molecule has 1 saturated heterocycles. The number of hydrogen-bond acceptors (Lipinski definition) is 5. The normalized spacial score (nSPS) is 24.4. The van der Waals surface area contributed by atoms with Gasteiger partial charge < -0.3 is 15.2 Å². The first-order valence-corrected chi connectivity index (χ1v) is 12.8. The van der Waals surface area contributed by atoms with Crippen LogP contribution < -0.4 is 14.8 Å². The van der Waals surface area contributed by atoms with E-state index in [1.807, 2.05) is 6.92 Å². The highest BCUT2D eigenvalue weighted by molar-refractivity contribution is 7.92. The van der Waals surface area contributed by atoms with E-state index in [2.05, 4.69) is 10.0 Å². The molecule has 1 aliphatic carbocycles. The maximum Gasteiger partial charge on any atom is 0.341 e. The zero-order chi connectivity index (χ0) is 23.3. The lowest BCUT2D eigenvalue weighted by atomic mass is 9.83. The number of sulfonamides is 1. The molecule has 2 aromatic rings. The second-order valence-corrected chi connectivity index (χ2v) is 10.8. The smallest absolute Gasteiger partial charge is 0.341 e. The molecule has 0 bridgehead atoms. The molecule has 3 aliphatic rings. The van der Waals surface area contributed by atoms with Gasteiger partial charge in [-0.2, -0.15) is 0 Å². The number of carboxylic acids is 1. The van der Waals surface area contributed by atoms with Crippen molar-refractivity contribution in [2.45, 2.75) is 42.9 Å². The van der Waals surface area contributed by atoms with Crippen molar-refractivity contribution in [2.75, 3.05) is 24.4 Å². The average Bonchev–Trinajstić information content (AvgIpc) is 3.38. The van der Waals surface area contributed by atoms with Crippen LogP contribution in [0.3, 0.4) is 0 Å². The van der Waals surface area contributed by atoms with Gasteiger partial charge >= 0.3 is 5.97 Å². The molecule has 2 heterocycles. The molecule has 1 unspecified atom stereocenters. The quantitative estimate of drug-likeness (QED) is 0.562. The number of benzene rings is 2. The lowest BCUT2D eigenvalue weighted by molar-refractivity contribution is 0.0692. The highest BCUT2D eigenvalue weighted by Gasteiger charge is 2.45. The molecule has 5 rings (SSSR count). The maximum absolute atomic E-state index is 14.2. The lowest BCUT2D eigenvalue weighted by Gasteiger charge is -2.25. The molecule has 0 spiro atoms. The van der Waals surface area contributed by atoms with Crippen LogP contribution in [0.4, 0.5) is 10.1 Å². The van der Waals surface area contributed by atoms with Crippen molar-refractivity contribution in [3.05, 3.63) is 52.8 Å². The number of rotatable bonds is 7. The number of nitrogens with one attached hydrogen (secondary N) is 2. The standard InChI is InChI=1S/C24H27FN2O5S/c1-2-16(13-7-8-26-11-13)19-10-15(25)3-6-21(19)33(30,31)27-20-5-4-17-18-9-14(18)12-32-23(17)22(20)24(28)29/h3-6,10,13-14,16,18,26-27H,2,7-9,11-12H2,1H3,(H,28,29)/t13?,14-,16+,18-/m1/s1. The largest absolute Gasteiger partial charge is 0.492 e. The number of anilines is 1. The van der Waals surface area contributed by atoms with Gasteiger partial charge in [0.15, 0.2) is 0 Å². The van der Waals surface area contributed by atoms with Gasteiger partial charge in [-0.3, -0.25) is 4.72 Å². The van der Waals surface area contributed by atoms with Gasteiger partial charge in [-0.15, -0.1) is 0 Å². The zero-order valence-corrected chi connectivity index (χ0v) is 19.1. The highest BCUT2D eigenvalue weighted by Crippen LogP contribution is 2.55. The average molecular weight is 475 g/mol. The van der Waals surface area contributed by atoms with E-state index in [9.17, 15) is 22.7 Å². The third kappa shape index (κ3) is 3.97. The van der Waals surface area contributed by atoms with Crippen LogP contribution in [0, 0.1) is 17.7 Å². The number of fused-ring (bicyclic) bond motifs is 3. The number of ether oxygens (including phenoxy) is 1. The Balaban J connectivity index is 1.55. The Labute approximate surface area is 192 Å². The number of hydrogen-bond donors (Lipinski definition) is 3. The molecule has 4 atom stereocenters. The van der Waals surface area contributed by atoms with E-state index >= 15 is 0 Å². The molecule has 0 aromatic heterocycles. The Hall–Kier alpha value is -2.65. The summed E-state index contributed by atoms with van der Waals surface area (Å²) in [6.45, 7) is 3.99. The van der Waals surface area contributed by atoms with Crippen molar-refractivity contribution in [3.63, 3.8) is 0 Å². The van der Waals surface area contributed by atoms with Crippen molar-refractivity contribution in [2.24, 2.45) is 11.8 Å². The molecule has 2 aromatic carbocycles. The molecular formula is C24H27FN2O5S. The minimum Gasteiger partial charge on any atom is -0.492 e. The summed E-state index contributed by atoms with van der Waals surface area (Å²) in [6.07, 6.45) is 2.49. The highest BCUT2D eigenvalue weighted by atomic mass is 32.2. The van der Waals surface area contributed by atoms with Gasteiger partial charge in [0.1, 0.15) is 17.1 Å². The summed E-state index contributed by atoms with van der Waals surface area (Å²) in [5.74, 6) is -0.786. The molecule has 33 heavy (non-hydrogen) atoms. The Morgan fingerprint density at radius 2 is 2.15 bits per heavy atom. The SMILES string of the molecule is CC[C@H](c1cc(F)ccc1S(=O)(=O)Nc1ccc2c(c1C(=O)O)OC[C@H]1C[C@@H]21)C1CCNC1. The lowest BCUT2D eigenvalue weighted by Crippen LogP contribution is -2.22. The summed E-state index contributed by atoms with van der Waals surface area (Å²) in [5, 5.41) is 13.2. The van der Waals surface area contributed by atoms with Gasteiger partial charge in [0.05, 0.1) is 17.2 Å². The first-order chi connectivity index (χ1) is 15.8. The second-order valence-electron chi connectivity index (χ2n) is 9.18. The van der Waals surface area contributed by atoms with E-state index < -0.39 is 21.8 Å². The Bertz CT molecular complexity index is 1210. The second kappa shape index (κ2) is 8.29. The zero-order valence-electron chi connectivity index (χ0n) is 18.3. The maximum atomic E-state index is 14.2. The minimum atomic E-state index is -4.19. The van der Waals surface area contributed by atoms with Crippen LogP contribution in [0.1, 0.15) is 59.5 Å². The molecule has 0 radical (unpaired) electrons. The van der Waals surface area contributed by atoms with E-state index in [1.54, 1.807) is 6.07 Å². The monoisotopic (exact) mass is 474 g/mol. The van der Waals surface area contributed by atoms with E-state index in [4.69, 9.17) is 4.74 Å². The van der Waals surface area contributed by atoms with Crippen LogP contribution in [-0.2, 0) is 10.0 Å². The van der Waals surface area contributed by atoms with Gasteiger partial charge in [-0.1, -0.05) is 13.0 Å². The van der Waals surface area contributed by atoms with Gasteiger partial charge in [-0.25, -0.2) is 17.6 Å². The van der Waals surface area contributed by atoms with Gasteiger partial charge in [0.25, 0.3) is 10.0 Å². The van der Waals surface area contributed by atoms with Crippen LogP contribution in [0.2, 0.25) is 0 Å². The van der Waals surface area contributed by atoms with Crippen molar-refractivity contribution in [3.8, 4) is 5.75 Å². The molecule has 2 aliphatic heterocycles. The minimum absolute atomic E-state index is 0.0279. The topological polar surface area (TPSA) is 105 Å². The summed E-state index contributed by atoms with van der Waals surface area (Å²) >= 11 is 0. The predicted molar refractivity (Wildman–Crippen MR) is 121 cm³/mol. The summed E-state index contributed by atoms with van der Waals surface area (Å²) in [4.78, 5) is 12.1. The fourth-order valence-corrected chi connectivity index (χ4v) is 6.77. The molecule has 0 amide bonds. The van der Waals surface area contributed by atoms with E-state index in [-0.39, 0.29) is 39.6 Å². The number of carboxylic acid groups (broad SMARTS) is 1. The number of aromatic carboxylic acids is 1. The van der Waals surface area contributed by atoms with Crippen LogP contribution in [0.25, 0.3) is 0 Å². The van der Waals surface area contributed by atoms with Crippen LogP contribution in [-0.4, -0.2) is 39.2 Å². The van der Waals surface area contributed by atoms with Gasteiger partial charge in [-0.05, 0) is 85.5 Å². The van der Waals surface area contributed by atoms with Crippen molar-refractivity contribution < 1.29 is 27.4 Å². The van der Waals surface area contributed by atoms with Crippen LogP contribution >= 0.6 is 0 Å². The molecule has 176 valence electrons. The van der Waals surface area contributed by atoms with E-state index in [0.29, 0.717) is 24.5 Å². The predicted octanol–water partition coefficient (Wildman–Crippen LogP) is 3.92. The fourth-order valence-electron chi connectivity index (χ4n) is 5.43. The van der Waals surface area contributed by atoms with Gasteiger partial charge in [0.2, 0.25) is 0 Å². The molecule has 2 fully saturated rings. The van der Waals surface area contributed by atoms with Crippen molar-refractivity contribution >= 4 is 21.7 Å². The Morgan fingerprint density at radius 3 is 2.85 bits per heavy atom. The first kappa shape index (κ1) is 22.2. The molecule has 3 N–H and O–H groups in total. The van der Waals surface area contributed by atoms with Gasteiger partial charge in [0, 0.05) is 5.92 Å². The summed E-state index contributed by atoms with van der Waals surface area (Å²) in [6, 6.07) is 6.92. The molecular weight excluding hydrogens is 447 g/mol. The van der Waals surface area contributed by atoms with Crippen molar-refractivity contribution in [1.82, 2.24) is 5.32 Å². The third-order valence-electron chi connectivity index (χ3n) is 7.18. The first-order valence-electron chi connectivity index (χ1n) is 11.4. The van der Waals surface area contributed by atoms with Crippen LogP contribution in [0.15, 0.2) is 35.2 Å². The third-order valence-corrected chi connectivity index (χ3v) is 8.62. The number of halogens is 1. The van der Waals surface area contributed by atoms with E-state index in [0.717, 1.165) is 37.6 Å². The summed E-state index contributed by atoms with van der Waals surface area (Å²) < 4.78 is 49.4. The van der Waals surface area contributed by atoms with Crippen molar-refractivity contribution in [1.29, 1.82) is 0 Å². The fraction of sp³-hybridized carbons (Fsp3) is 0.458. The number of carbonyl (C=O) groups is 1. The molecule has 9 heteroatoms. The molecule has 7 nitrogen and oxygen atoms in total. The van der Waals surface area contributed by atoms with Crippen LogP contribution in [0.5, 0.6) is 5.75 Å². The summed E-state index contributed by atoms with van der Waals surface area (Å²) in [7, 11) is -4.19. The summed E-state index contributed by atoms with van der Waals surface area (Å²) in [5.41, 5.74) is 1.00. The van der Waals surface area contributed by atoms with E-state index in [1.165, 1.54) is 18.2 Å².